The van der Waals surface area contributed by atoms with Crippen LogP contribution in [0.2, 0.25) is 0 Å². The summed E-state index contributed by atoms with van der Waals surface area (Å²) in [6, 6.07) is 0.307. The molecular weight excluding hydrogens is 473 g/mol. The van der Waals surface area contributed by atoms with Crippen molar-refractivity contribution in [3.8, 4) is 0 Å². The number of nitrogens with one attached hydrogen (secondary N) is 2. The second-order valence-electron chi connectivity index (χ2n) is 7.05. The van der Waals surface area contributed by atoms with Gasteiger partial charge >= 0.3 is 0 Å². The van der Waals surface area contributed by atoms with E-state index in [1.807, 2.05) is 11.6 Å². The summed E-state index contributed by atoms with van der Waals surface area (Å²) in [5.41, 5.74) is 1.10. The van der Waals surface area contributed by atoms with Crippen LogP contribution in [0.5, 0.6) is 0 Å². The van der Waals surface area contributed by atoms with E-state index in [1.54, 1.807) is 11.3 Å². The first-order valence-corrected chi connectivity index (χ1v) is 10.2. The fourth-order valence-corrected chi connectivity index (χ4v) is 3.82. The van der Waals surface area contributed by atoms with Crippen molar-refractivity contribution in [1.82, 2.24) is 30.4 Å². The highest BCUT2D eigenvalue weighted by molar-refractivity contribution is 14.0. The van der Waals surface area contributed by atoms with Gasteiger partial charge in [-0.25, -0.2) is 19.6 Å². The van der Waals surface area contributed by atoms with Gasteiger partial charge in [-0.2, -0.15) is 5.10 Å². The third-order valence-electron chi connectivity index (χ3n) is 4.52. The van der Waals surface area contributed by atoms with Gasteiger partial charge in [0.1, 0.15) is 10.8 Å². The summed E-state index contributed by atoms with van der Waals surface area (Å²) in [7, 11) is 0. The van der Waals surface area contributed by atoms with Crippen molar-refractivity contribution < 1.29 is 0 Å². The van der Waals surface area contributed by atoms with Crippen molar-refractivity contribution in [2.24, 2.45) is 4.99 Å². The van der Waals surface area contributed by atoms with Gasteiger partial charge in [-0.05, 0) is 27.2 Å². The zero-order valence-corrected chi connectivity index (χ0v) is 19.9. The number of hydrogen-bond donors (Lipinski definition) is 2. The van der Waals surface area contributed by atoms with Gasteiger partial charge < -0.3 is 10.6 Å². The molecule has 0 bridgehead atoms. The Morgan fingerprint density at radius 1 is 1.33 bits per heavy atom. The molecule has 27 heavy (non-hydrogen) atoms. The molecule has 150 valence electrons. The zero-order chi connectivity index (χ0) is 18.7. The van der Waals surface area contributed by atoms with E-state index in [4.69, 9.17) is 4.99 Å². The highest BCUT2D eigenvalue weighted by Gasteiger charge is 2.23. The van der Waals surface area contributed by atoms with Crippen LogP contribution in [0.25, 0.3) is 0 Å². The lowest BCUT2D eigenvalue weighted by molar-refractivity contribution is 0.391. The average Bonchev–Trinajstić information content (AvgIpc) is 3.16. The van der Waals surface area contributed by atoms with E-state index in [2.05, 4.69) is 53.4 Å². The quantitative estimate of drug-likeness (QED) is 0.372. The van der Waals surface area contributed by atoms with Crippen molar-refractivity contribution in [3.63, 3.8) is 0 Å². The van der Waals surface area contributed by atoms with Crippen LogP contribution in [0.1, 0.15) is 60.3 Å². The van der Waals surface area contributed by atoms with E-state index < -0.39 is 0 Å². The van der Waals surface area contributed by atoms with Gasteiger partial charge in [0.15, 0.2) is 11.8 Å². The van der Waals surface area contributed by atoms with Crippen LogP contribution in [0, 0.1) is 13.8 Å². The number of aliphatic imine (C=N–C) groups is 1. The molecule has 1 unspecified atom stereocenters. The molecule has 0 amide bonds. The van der Waals surface area contributed by atoms with Crippen molar-refractivity contribution in [2.45, 2.75) is 72.5 Å². The standard InChI is InChI=1S/C18H29N7S.HI/c1-6-19-18(20-9-16-21-12(4)13(5)26-16)22-14-7-8-15-23-17(11(2)3)24-25(15)10-14;/h11,14H,6-10H2,1-5H3,(H2,19,20,22);1H. The number of aromatic nitrogens is 4. The lowest BCUT2D eigenvalue weighted by Crippen LogP contribution is -2.47. The van der Waals surface area contributed by atoms with E-state index in [0.717, 1.165) is 54.2 Å². The smallest absolute Gasteiger partial charge is 0.191 e. The molecule has 1 aliphatic rings. The molecule has 0 saturated carbocycles. The normalized spacial score (nSPS) is 16.8. The number of thiazole rings is 1. The van der Waals surface area contributed by atoms with Crippen LogP contribution in [-0.2, 0) is 19.5 Å². The second kappa shape index (κ2) is 9.81. The van der Waals surface area contributed by atoms with E-state index in [9.17, 15) is 0 Å². The van der Waals surface area contributed by atoms with Crippen molar-refractivity contribution in [2.75, 3.05) is 6.54 Å². The monoisotopic (exact) mass is 503 g/mol. The number of fused-ring (bicyclic) bond motifs is 1. The fourth-order valence-electron chi connectivity index (χ4n) is 2.96. The number of nitrogens with zero attached hydrogens (tertiary/aromatic N) is 5. The summed E-state index contributed by atoms with van der Waals surface area (Å²) >= 11 is 1.72. The Kier molecular flexibility index (Phi) is 8.02. The minimum atomic E-state index is 0. The van der Waals surface area contributed by atoms with Gasteiger partial charge in [0.25, 0.3) is 0 Å². The number of rotatable bonds is 5. The Labute approximate surface area is 182 Å². The lowest BCUT2D eigenvalue weighted by Gasteiger charge is -2.25. The Balaban J connectivity index is 0.00000261. The van der Waals surface area contributed by atoms with Crippen molar-refractivity contribution in [1.29, 1.82) is 0 Å². The average molecular weight is 503 g/mol. The first-order valence-electron chi connectivity index (χ1n) is 9.37. The Morgan fingerprint density at radius 2 is 2.11 bits per heavy atom. The van der Waals surface area contributed by atoms with Crippen LogP contribution < -0.4 is 10.6 Å². The molecular formula is C18H30IN7S. The molecule has 3 rings (SSSR count). The molecule has 7 nitrogen and oxygen atoms in total. The largest absolute Gasteiger partial charge is 0.357 e. The summed E-state index contributed by atoms with van der Waals surface area (Å²) in [5.74, 6) is 3.25. The molecule has 1 aliphatic heterocycles. The van der Waals surface area contributed by atoms with Gasteiger partial charge in [0, 0.05) is 29.8 Å². The maximum absolute atomic E-state index is 4.72. The first kappa shape index (κ1) is 22.1. The van der Waals surface area contributed by atoms with E-state index in [0.29, 0.717) is 18.5 Å². The highest BCUT2D eigenvalue weighted by Crippen LogP contribution is 2.18. The molecule has 0 spiro atoms. The lowest BCUT2D eigenvalue weighted by atomic mass is 10.1. The molecule has 2 N–H and O–H groups in total. The van der Waals surface area contributed by atoms with Crippen LogP contribution in [0.3, 0.4) is 0 Å². The summed E-state index contributed by atoms with van der Waals surface area (Å²) in [6.45, 7) is 12.8. The maximum Gasteiger partial charge on any atom is 0.191 e. The number of halogens is 1. The van der Waals surface area contributed by atoms with Gasteiger partial charge in [-0.3, -0.25) is 0 Å². The molecule has 9 heteroatoms. The Bertz CT molecular complexity index is 761. The summed E-state index contributed by atoms with van der Waals surface area (Å²) in [6.07, 6.45) is 1.98. The molecule has 2 aromatic rings. The van der Waals surface area contributed by atoms with Crippen LogP contribution in [0.15, 0.2) is 4.99 Å². The highest BCUT2D eigenvalue weighted by atomic mass is 127. The molecule has 0 aliphatic carbocycles. The molecule has 0 aromatic carbocycles. The first-order chi connectivity index (χ1) is 12.5. The van der Waals surface area contributed by atoms with E-state index in [1.165, 1.54) is 4.88 Å². The number of hydrogen-bond acceptors (Lipinski definition) is 5. The predicted octanol–water partition coefficient (Wildman–Crippen LogP) is 3.16. The van der Waals surface area contributed by atoms with E-state index >= 15 is 0 Å². The molecule has 0 radical (unpaired) electrons. The third kappa shape index (κ3) is 5.63. The molecule has 0 saturated heterocycles. The van der Waals surface area contributed by atoms with Gasteiger partial charge in [-0.15, -0.1) is 35.3 Å². The van der Waals surface area contributed by atoms with Crippen LogP contribution in [0.4, 0.5) is 0 Å². The van der Waals surface area contributed by atoms with Gasteiger partial charge in [-0.1, -0.05) is 13.8 Å². The van der Waals surface area contributed by atoms with Crippen LogP contribution in [-0.4, -0.2) is 38.3 Å². The topological polar surface area (TPSA) is 80.0 Å². The van der Waals surface area contributed by atoms with Crippen molar-refractivity contribution in [3.05, 3.63) is 27.2 Å². The number of aryl methyl sites for hydroxylation is 3. The SMILES string of the molecule is CCNC(=NCc1nc(C)c(C)s1)NC1CCc2nc(C(C)C)nn2C1.I. The molecule has 3 heterocycles. The molecule has 1 atom stereocenters. The molecule has 0 fully saturated rings. The van der Waals surface area contributed by atoms with Crippen molar-refractivity contribution >= 4 is 41.3 Å². The summed E-state index contributed by atoms with van der Waals surface area (Å²) in [5, 5.41) is 12.6. The summed E-state index contributed by atoms with van der Waals surface area (Å²) in [4.78, 5) is 15.2. The number of guanidine groups is 1. The zero-order valence-electron chi connectivity index (χ0n) is 16.7. The van der Waals surface area contributed by atoms with Crippen LogP contribution >= 0.6 is 35.3 Å². The Morgan fingerprint density at radius 3 is 2.74 bits per heavy atom. The summed E-state index contributed by atoms with van der Waals surface area (Å²) < 4.78 is 2.05. The minimum Gasteiger partial charge on any atom is -0.357 e. The van der Waals surface area contributed by atoms with E-state index in [-0.39, 0.29) is 24.0 Å². The predicted molar refractivity (Wildman–Crippen MR) is 121 cm³/mol. The second-order valence-corrected chi connectivity index (χ2v) is 8.34. The fraction of sp³-hybridized carbons (Fsp3) is 0.667. The van der Waals surface area contributed by atoms with Gasteiger partial charge in [0.05, 0.1) is 18.8 Å². The molecule has 2 aromatic heterocycles. The Hall–Kier alpha value is -1.23. The van der Waals surface area contributed by atoms with Gasteiger partial charge in [0.2, 0.25) is 0 Å². The third-order valence-corrected chi connectivity index (χ3v) is 5.58. The maximum atomic E-state index is 4.72. The minimum absolute atomic E-state index is 0.